The minimum atomic E-state index is -0.711. The Morgan fingerprint density at radius 3 is 2.52 bits per heavy atom. The summed E-state index contributed by atoms with van der Waals surface area (Å²) in [5.74, 6) is -0.293. The molecule has 1 heterocycles. The van der Waals surface area contributed by atoms with Crippen LogP contribution in [0.1, 0.15) is 71.0 Å². The molecular weight excluding hydrogens is 416 g/mol. The van der Waals surface area contributed by atoms with Crippen LogP contribution in [0.15, 0.2) is 24.3 Å². The Hall–Kier alpha value is -2.41. The molecule has 5 unspecified atom stereocenters. The topological polar surface area (TPSA) is 90.5 Å². The Morgan fingerprint density at radius 2 is 1.85 bits per heavy atom. The predicted octanol–water partition coefficient (Wildman–Crippen LogP) is 2.56. The van der Waals surface area contributed by atoms with E-state index in [0.717, 1.165) is 19.3 Å². The van der Waals surface area contributed by atoms with E-state index in [0.29, 0.717) is 13.0 Å². The van der Waals surface area contributed by atoms with Crippen molar-refractivity contribution in [1.82, 2.24) is 20.9 Å². The number of likely N-dealkylation sites (N-methyl/N-ethyl adjacent to an activating group) is 1. The van der Waals surface area contributed by atoms with Crippen LogP contribution in [0.2, 0.25) is 0 Å². The smallest absolute Gasteiger partial charge is 0.246 e. The van der Waals surface area contributed by atoms with Crippen LogP contribution in [-0.4, -0.2) is 54.3 Å². The zero-order valence-electron chi connectivity index (χ0n) is 20.9. The highest BCUT2D eigenvalue weighted by molar-refractivity contribution is 5.94. The Kier molecular flexibility index (Phi) is 7.83. The zero-order valence-corrected chi connectivity index (χ0v) is 20.9. The number of rotatable bonds is 6. The summed E-state index contributed by atoms with van der Waals surface area (Å²) in [6.45, 7) is 10.2. The number of aryl methyl sites for hydroxylation is 1. The van der Waals surface area contributed by atoms with E-state index in [1.54, 1.807) is 18.9 Å². The van der Waals surface area contributed by atoms with E-state index in [1.165, 1.54) is 11.1 Å². The van der Waals surface area contributed by atoms with Crippen molar-refractivity contribution in [3.63, 3.8) is 0 Å². The summed E-state index contributed by atoms with van der Waals surface area (Å²) < 4.78 is 0. The third kappa shape index (κ3) is 5.75. The van der Waals surface area contributed by atoms with Crippen molar-refractivity contribution in [2.24, 2.45) is 11.3 Å². The summed E-state index contributed by atoms with van der Waals surface area (Å²) >= 11 is 0. The Bertz CT molecular complexity index is 879. The largest absolute Gasteiger partial charge is 0.347 e. The summed E-state index contributed by atoms with van der Waals surface area (Å²) in [6.07, 6.45) is 3.60. The molecule has 33 heavy (non-hydrogen) atoms. The maximum atomic E-state index is 13.7. The molecule has 182 valence electrons. The lowest BCUT2D eigenvalue weighted by molar-refractivity contribution is -0.144. The van der Waals surface area contributed by atoms with Crippen LogP contribution >= 0.6 is 0 Å². The number of benzene rings is 1. The van der Waals surface area contributed by atoms with Gasteiger partial charge in [-0.1, -0.05) is 52.0 Å². The van der Waals surface area contributed by atoms with E-state index in [1.807, 2.05) is 32.9 Å². The summed E-state index contributed by atoms with van der Waals surface area (Å²) in [6, 6.07) is 6.60. The normalized spacial score (nSPS) is 24.5. The Labute approximate surface area is 198 Å². The average molecular weight is 457 g/mol. The number of hydrogen-bond donors (Lipinski definition) is 3. The first kappa shape index (κ1) is 25.2. The fraction of sp³-hybridized carbons (Fsp3) is 0.654. The highest BCUT2D eigenvalue weighted by atomic mass is 16.2. The SMILES string of the molecule is CNC(C)C(=O)NC(C(=O)N1CC(C)CC1C(=O)NC1CCCc2ccccc21)C(C)(C)C. The molecule has 7 heteroatoms. The van der Waals surface area contributed by atoms with Crippen LogP contribution in [0.4, 0.5) is 0 Å². The minimum Gasteiger partial charge on any atom is -0.347 e. The number of hydrogen-bond acceptors (Lipinski definition) is 4. The van der Waals surface area contributed by atoms with E-state index in [2.05, 4.69) is 35.0 Å². The van der Waals surface area contributed by atoms with Gasteiger partial charge in [-0.15, -0.1) is 0 Å². The second-order valence-corrected chi connectivity index (χ2v) is 10.8. The van der Waals surface area contributed by atoms with Gasteiger partial charge in [0, 0.05) is 6.54 Å². The molecular formula is C26H40N4O3. The molecule has 5 atom stereocenters. The fourth-order valence-corrected chi connectivity index (χ4v) is 4.92. The molecule has 1 aliphatic heterocycles. The molecule has 1 aromatic carbocycles. The summed E-state index contributed by atoms with van der Waals surface area (Å²) in [4.78, 5) is 41.4. The third-order valence-corrected chi connectivity index (χ3v) is 7.01. The molecule has 3 N–H and O–H groups in total. The van der Waals surface area contributed by atoms with Crippen LogP contribution < -0.4 is 16.0 Å². The van der Waals surface area contributed by atoms with Crippen molar-refractivity contribution in [3.8, 4) is 0 Å². The summed E-state index contributed by atoms with van der Waals surface area (Å²) in [7, 11) is 1.71. The van der Waals surface area contributed by atoms with Gasteiger partial charge in [0.05, 0.1) is 12.1 Å². The number of nitrogens with one attached hydrogen (secondary N) is 3. The number of nitrogens with zero attached hydrogens (tertiary/aromatic N) is 1. The average Bonchev–Trinajstić information content (AvgIpc) is 3.17. The van der Waals surface area contributed by atoms with Crippen molar-refractivity contribution in [2.45, 2.75) is 84.5 Å². The molecule has 2 aliphatic rings. The van der Waals surface area contributed by atoms with Gasteiger partial charge in [-0.2, -0.15) is 0 Å². The van der Waals surface area contributed by atoms with Gasteiger partial charge in [0.25, 0.3) is 0 Å². The first-order chi connectivity index (χ1) is 15.5. The van der Waals surface area contributed by atoms with E-state index in [4.69, 9.17) is 0 Å². The van der Waals surface area contributed by atoms with Gasteiger partial charge < -0.3 is 20.9 Å². The van der Waals surface area contributed by atoms with Gasteiger partial charge in [0.2, 0.25) is 17.7 Å². The lowest BCUT2D eigenvalue weighted by Crippen LogP contribution is -2.59. The molecule has 3 amide bonds. The number of carbonyl (C=O) groups is 3. The maximum Gasteiger partial charge on any atom is 0.246 e. The number of likely N-dealkylation sites (tertiary alicyclic amines) is 1. The van der Waals surface area contributed by atoms with Crippen molar-refractivity contribution >= 4 is 17.7 Å². The molecule has 0 aromatic heterocycles. The van der Waals surface area contributed by atoms with Crippen LogP contribution in [0.25, 0.3) is 0 Å². The van der Waals surface area contributed by atoms with Crippen molar-refractivity contribution in [3.05, 3.63) is 35.4 Å². The van der Waals surface area contributed by atoms with E-state index >= 15 is 0 Å². The quantitative estimate of drug-likeness (QED) is 0.614. The van der Waals surface area contributed by atoms with Crippen LogP contribution in [0, 0.1) is 11.3 Å². The van der Waals surface area contributed by atoms with E-state index < -0.39 is 23.5 Å². The third-order valence-electron chi connectivity index (χ3n) is 7.01. The minimum absolute atomic E-state index is 0.0232. The van der Waals surface area contributed by atoms with E-state index in [-0.39, 0.29) is 29.7 Å². The van der Waals surface area contributed by atoms with Crippen molar-refractivity contribution in [1.29, 1.82) is 0 Å². The second kappa shape index (κ2) is 10.2. The van der Waals surface area contributed by atoms with Gasteiger partial charge in [-0.3, -0.25) is 14.4 Å². The first-order valence-corrected chi connectivity index (χ1v) is 12.2. The standard InChI is InChI=1S/C26H40N4O3/c1-16-14-21(24(32)28-20-13-9-11-18-10-7-8-12-19(18)20)30(15-16)25(33)22(26(3,4)5)29-23(31)17(2)27-6/h7-8,10,12,16-17,20-22,27H,9,11,13-15H2,1-6H3,(H,28,32)(H,29,31). The van der Waals surface area contributed by atoms with E-state index in [9.17, 15) is 14.4 Å². The van der Waals surface area contributed by atoms with Crippen molar-refractivity contribution in [2.75, 3.05) is 13.6 Å². The first-order valence-electron chi connectivity index (χ1n) is 12.2. The van der Waals surface area contributed by atoms with Crippen LogP contribution in [0.5, 0.6) is 0 Å². The molecule has 1 aliphatic carbocycles. The molecule has 1 aromatic rings. The molecule has 0 bridgehead atoms. The van der Waals surface area contributed by atoms with Gasteiger partial charge >= 0.3 is 0 Å². The zero-order chi connectivity index (χ0) is 24.3. The maximum absolute atomic E-state index is 13.7. The Balaban J connectivity index is 1.78. The highest BCUT2D eigenvalue weighted by Crippen LogP contribution is 2.32. The molecule has 3 rings (SSSR count). The van der Waals surface area contributed by atoms with Gasteiger partial charge in [-0.25, -0.2) is 0 Å². The van der Waals surface area contributed by atoms with Crippen LogP contribution in [0.3, 0.4) is 0 Å². The number of fused-ring (bicyclic) bond motifs is 1. The second-order valence-electron chi connectivity index (χ2n) is 10.8. The summed E-state index contributed by atoms with van der Waals surface area (Å²) in [5, 5.41) is 9.08. The highest BCUT2D eigenvalue weighted by Gasteiger charge is 2.44. The molecule has 0 spiro atoms. The summed E-state index contributed by atoms with van der Waals surface area (Å²) in [5.41, 5.74) is 1.98. The fourth-order valence-electron chi connectivity index (χ4n) is 4.92. The molecule has 0 saturated carbocycles. The van der Waals surface area contributed by atoms with Gasteiger partial charge in [-0.05, 0) is 62.1 Å². The van der Waals surface area contributed by atoms with Gasteiger partial charge in [0.15, 0.2) is 0 Å². The molecule has 0 radical (unpaired) electrons. The molecule has 1 fully saturated rings. The lowest BCUT2D eigenvalue weighted by atomic mass is 9.85. The monoisotopic (exact) mass is 456 g/mol. The number of amides is 3. The number of carbonyl (C=O) groups excluding carboxylic acids is 3. The predicted molar refractivity (Wildman–Crippen MR) is 129 cm³/mol. The molecule has 1 saturated heterocycles. The Morgan fingerprint density at radius 1 is 1.15 bits per heavy atom. The van der Waals surface area contributed by atoms with Crippen LogP contribution in [-0.2, 0) is 20.8 Å². The van der Waals surface area contributed by atoms with Crippen molar-refractivity contribution < 1.29 is 14.4 Å². The molecule has 7 nitrogen and oxygen atoms in total. The lowest BCUT2D eigenvalue weighted by Gasteiger charge is -2.36. The van der Waals surface area contributed by atoms with Gasteiger partial charge in [0.1, 0.15) is 12.1 Å².